The highest BCUT2D eigenvalue weighted by Crippen LogP contribution is 2.24. The van der Waals surface area contributed by atoms with Gasteiger partial charge in [0.15, 0.2) is 11.0 Å². The van der Waals surface area contributed by atoms with Gasteiger partial charge >= 0.3 is 0 Å². The standard InChI is InChI=1S/C21H24N4OS/c1-14(2)16-8-10-17(11-9-16)20-23-24-21(25(20)4)27-13-19(26)22-18-7-5-6-15(3)12-18/h5-12,14H,13H2,1-4H3,(H,22,26). The number of rotatable bonds is 6. The van der Waals surface area contributed by atoms with E-state index < -0.39 is 0 Å². The topological polar surface area (TPSA) is 59.8 Å². The van der Waals surface area contributed by atoms with E-state index in [0.29, 0.717) is 5.92 Å². The Morgan fingerprint density at radius 1 is 1.15 bits per heavy atom. The molecule has 0 radical (unpaired) electrons. The number of anilines is 1. The molecule has 0 spiro atoms. The molecule has 1 N–H and O–H groups in total. The van der Waals surface area contributed by atoms with E-state index in [2.05, 4.69) is 53.6 Å². The van der Waals surface area contributed by atoms with Crippen LogP contribution < -0.4 is 5.32 Å². The first-order valence-electron chi connectivity index (χ1n) is 8.93. The Hall–Kier alpha value is -2.60. The number of carbonyl (C=O) groups excluding carboxylic acids is 1. The molecule has 3 aromatic rings. The zero-order valence-corrected chi connectivity index (χ0v) is 16.9. The van der Waals surface area contributed by atoms with Crippen LogP contribution in [-0.2, 0) is 11.8 Å². The van der Waals surface area contributed by atoms with Gasteiger partial charge in [-0.25, -0.2) is 0 Å². The Morgan fingerprint density at radius 2 is 1.89 bits per heavy atom. The first-order valence-corrected chi connectivity index (χ1v) is 9.91. The average molecular weight is 381 g/mol. The van der Waals surface area contributed by atoms with E-state index >= 15 is 0 Å². The van der Waals surface area contributed by atoms with Crippen LogP contribution in [0.15, 0.2) is 53.7 Å². The molecule has 0 aliphatic heterocycles. The molecule has 6 heteroatoms. The molecular weight excluding hydrogens is 356 g/mol. The molecule has 3 rings (SSSR count). The van der Waals surface area contributed by atoms with Gasteiger partial charge in [-0.05, 0) is 36.1 Å². The summed E-state index contributed by atoms with van der Waals surface area (Å²) in [6.07, 6.45) is 0. The highest BCUT2D eigenvalue weighted by molar-refractivity contribution is 7.99. The number of nitrogens with one attached hydrogen (secondary N) is 1. The number of thioether (sulfide) groups is 1. The van der Waals surface area contributed by atoms with Crippen LogP contribution in [0.1, 0.15) is 30.9 Å². The van der Waals surface area contributed by atoms with Gasteiger partial charge in [0.2, 0.25) is 5.91 Å². The Morgan fingerprint density at radius 3 is 2.56 bits per heavy atom. The van der Waals surface area contributed by atoms with Crippen LogP contribution in [0.25, 0.3) is 11.4 Å². The summed E-state index contributed by atoms with van der Waals surface area (Å²) in [4.78, 5) is 12.2. The number of carbonyl (C=O) groups is 1. The van der Waals surface area contributed by atoms with Crippen LogP contribution in [0.3, 0.4) is 0 Å². The third kappa shape index (κ3) is 4.77. The summed E-state index contributed by atoms with van der Waals surface area (Å²) in [7, 11) is 1.92. The summed E-state index contributed by atoms with van der Waals surface area (Å²) in [5.74, 6) is 1.52. The first kappa shape index (κ1) is 19.2. The quantitative estimate of drug-likeness (QED) is 0.633. The van der Waals surface area contributed by atoms with Gasteiger partial charge in [-0.15, -0.1) is 10.2 Å². The number of aryl methyl sites for hydroxylation is 1. The van der Waals surface area contributed by atoms with E-state index in [1.54, 1.807) is 0 Å². The number of hydrogen-bond donors (Lipinski definition) is 1. The minimum atomic E-state index is -0.0589. The van der Waals surface area contributed by atoms with E-state index in [0.717, 1.165) is 27.8 Å². The molecule has 0 saturated carbocycles. The molecular formula is C21H24N4OS. The lowest BCUT2D eigenvalue weighted by molar-refractivity contribution is -0.113. The van der Waals surface area contributed by atoms with Crippen LogP contribution >= 0.6 is 11.8 Å². The maximum Gasteiger partial charge on any atom is 0.234 e. The molecule has 0 bridgehead atoms. The van der Waals surface area contributed by atoms with Crippen LogP contribution in [0.2, 0.25) is 0 Å². The minimum absolute atomic E-state index is 0.0589. The van der Waals surface area contributed by atoms with E-state index in [-0.39, 0.29) is 11.7 Å². The van der Waals surface area contributed by atoms with Gasteiger partial charge in [0.1, 0.15) is 0 Å². The summed E-state index contributed by atoms with van der Waals surface area (Å²) < 4.78 is 1.93. The second-order valence-corrected chi connectivity index (χ2v) is 7.79. The van der Waals surface area contributed by atoms with Crippen molar-refractivity contribution >= 4 is 23.4 Å². The van der Waals surface area contributed by atoms with E-state index in [1.165, 1.54) is 17.3 Å². The van der Waals surface area contributed by atoms with Crippen LogP contribution in [0, 0.1) is 6.92 Å². The molecule has 140 valence electrons. The fourth-order valence-corrected chi connectivity index (χ4v) is 3.47. The van der Waals surface area contributed by atoms with Crippen LogP contribution in [0.5, 0.6) is 0 Å². The van der Waals surface area contributed by atoms with Crippen molar-refractivity contribution in [3.05, 3.63) is 59.7 Å². The Balaban J connectivity index is 1.64. The second-order valence-electron chi connectivity index (χ2n) is 6.85. The summed E-state index contributed by atoms with van der Waals surface area (Å²) in [6.45, 7) is 6.35. The molecule has 0 fully saturated rings. The van der Waals surface area contributed by atoms with Crippen molar-refractivity contribution in [2.45, 2.75) is 31.8 Å². The van der Waals surface area contributed by atoms with Crippen molar-refractivity contribution in [1.82, 2.24) is 14.8 Å². The number of benzene rings is 2. The fraction of sp³-hybridized carbons (Fsp3) is 0.286. The van der Waals surface area contributed by atoms with Crippen molar-refractivity contribution < 1.29 is 4.79 Å². The molecule has 0 atom stereocenters. The molecule has 1 amide bonds. The first-order chi connectivity index (χ1) is 12.9. The molecule has 0 aliphatic carbocycles. The third-order valence-corrected chi connectivity index (χ3v) is 5.32. The van der Waals surface area contributed by atoms with E-state index in [9.17, 15) is 4.79 Å². The lowest BCUT2D eigenvalue weighted by Gasteiger charge is -2.08. The summed E-state index contributed by atoms with van der Waals surface area (Å²) in [5.41, 5.74) is 4.24. The molecule has 0 unspecified atom stereocenters. The fourth-order valence-electron chi connectivity index (χ4n) is 2.76. The average Bonchev–Trinajstić information content (AvgIpc) is 3.00. The van der Waals surface area contributed by atoms with Gasteiger partial charge in [-0.1, -0.05) is 62.0 Å². The highest BCUT2D eigenvalue weighted by atomic mass is 32.2. The largest absolute Gasteiger partial charge is 0.325 e. The lowest BCUT2D eigenvalue weighted by Crippen LogP contribution is -2.14. The van der Waals surface area contributed by atoms with Gasteiger partial charge < -0.3 is 9.88 Å². The lowest BCUT2D eigenvalue weighted by atomic mass is 10.0. The van der Waals surface area contributed by atoms with E-state index in [1.807, 2.05) is 42.8 Å². The van der Waals surface area contributed by atoms with Gasteiger partial charge in [0.25, 0.3) is 0 Å². The Labute approximate surface area is 164 Å². The Kier molecular flexibility index (Phi) is 5.96. The van der Waals surface area contributed by atoms with Gasteiger partial charge in [0, 0.05) is 18.3 Å². The molecule has 1 heterocycles. The Bertz CT molecular complexity index is 932. The zero-order chi connectivity index (χ0) is 19.4. The number of amides is 1. The maximum atomic E-state index is 12.2. The predicted molar refractivity (Wildman–Crippen MR) is 111 cm³/mol. The molecule has 0 saturated heterocycles. The van der Waals surface area contributed by atoms with E-state index in [4.69, 9.17) is 0 Å². The van der Waals surface area contributed by atoms with Crippen LogP contribution in [-0.4, -0.2) is 26.4 Å². The summed E-state index contributed by atoms with van der Waals surface area (Å²) >= 11 is 1.38. The van der Waals surface area contributed by atoms with Crippen molar-refractivity contribution in [1.29, 1.82) is 0 Å². The number of hydrogen-bond acceptors (Lipinski definition) is 4. The van der Waals surface area contributed by atoms with Crippen molar-refractivity contribution in [3.8, 4) is 11.4 Å². The normalized spacial score (nSPS) is 11.0. The third-order valence-electron chi connectivity index (χ3n) is 4.30. The smallest absolute Gasteiger partial charge is 0.234 e. The summed E-state index contributed by atoms with van der Waals surface area (Å²) in [5, 5.41) is 12.2. The predicted octanol–water partition coefficient (Wildman–Crippen LogP) is 4.64. The SMILES string of the molecule is Cc1cccc(NC(=O)CSc2nnc(-c3ccc(C(C)C)cc3)n2C)c1. The van der Waals surface area contributed by atoms with Gasteiger partial charge in [-0.2, -0.15) is 0 Å². The van der Waals surface area contributed by atoms with Crippen LogP contribution in [0.4, 0.5) is 5.69 Å². The monoisotopic (exact) mass is 380 g/mol. The molecule has 2 aromatic carbocycles. The summed E-state index contributed by atoms with van der Waals surface area (Å²) in [6, 6.07) is 16.1. The zero-order valence-electron chi connectivity index (χ0n) is 16.1. The molecule has 27 heavy (non-hydrogen) atoms. The highest BCUT2D eigenvalue weighted by Gasteiger charge is 2.13. The molecule has 5 nitrogen and oxygen atoms in total. The minimum Gasteiger partial charge on any atom is -0.325 e. The number of aromatic nitrogens is 3. The van der Waals surface area contributed by atoms with Crippen molar-refractivity contribution in [2.24, 2.45) is 7.05 Å². The van der Waals surface area contributed by atoms with Crippen molar-refractivity contribution in [3.63, 3.8) is 0 Å². The van der Waals surface area contributed by atoms with Crippen molar-refractivity contribution in [2.75, 3.05) is 11.1 Å². The maximum absolute atomic E-state index is 12.2. The second kappa shape index (κ2) is 8.39. The molecule has 0 aliphatic rings. The number of nitrogens with zero attached hydrogens (tertiary/aromatic N) is 3. The van der Waals surface area contributed by atoms with Gasteiger partial charge in [0.05, 0.1) is 5.75 Å². The molecule has 1 aromatic heterocycles. The van der Waals surface area contributed by atoms with Gasteiger partial charge in [-0.3, -0.25) is 4.79 Å².